The van der Waals surface area contributed by atoms with Crippen LogP contribution < -0.4 is 0 Å². The van der Waals surface area contributed by atoms with E-state index in [-0.39, 0.29) is 87.5 Å². The Morgan fingerprint density at radius 2 is 1.00 bits per heavy atom. The fourth-order valence-corrected chi connectivity index (χ4v) is 9.15. The van der Waals surface area contributed by atoms with Crippen molar-refractivity contribution in [1.82, 2.24) is 19.6 Å². The SMILES string of the molecule is CC(C)/C=C(\F)C=O.CC(C)/C=C(\F)[C@H](O)[C@@H](CCCN1C(=O)c2ccccc2C1=O)C(=O)N1C(=O)OC[C@H]1Cc1ccccc1.O=C1c2ccccc2C(=O)N1CCCCC(=O)N1C(=O)OC[C@H]1Cc1ccccc1. The van der Waals surface area contributed by atoms with Crippen LogP contribution >= 0.6 is 0 Å². The molecule has 400 valence electrons. The third-order valence-electron chi connectivity index (χ3n) is 12.8. The van der Waals surface area contributed by atoms with E-state index >= 15 is 0 Å². The molecule has 76 heavy (non-hydrogen) atoms. The molecule has 0 aliphatic carbocycles. The topological polar surface area (TPSA) is 205 Å². The van der Waals surface area contributed by atoms with Crippen LogP contribution in [0.2, 0.25) is 0 Å². The van der Waals surface area contributed by atoms with Gasteiger partial charge in [0.15, 0.2) is 12.1 Å². The molecule has 2 fully saturated rings. The van der Waals surface area contributed by atoms with Crippen LogP contribution in [0.5, 0.6) is 0 Å². The summed E-state index contributed by atoms with van der Waals surface area (Å²) >= 11 is 0. The molecule has 4 heterocycles. The normalized spacial score (nSPS) is 18.0. The predicted molar refractivity (Wildman–Crippen MR) is 275 cm³/mol. The zero-order chi connectivity index (χ0) is 55.1. The molecular formula is C58H62F2N4O12. The lowest BCUT2D eigenvalue weighted by Gasteiger charge is -2.28. The van der Waals surface area contributed by atoms with Gasteiger partial charge in [-0.3, -0.25) is 43.4 Å². The minimum absolute atomic E-state index is 0.0123. The number of fused-ring (bicyclic) bond motifs is 2. The Labute approximate surface area is 439 Å². The van der Waals surface area contributed by atoms with Gasteiger partial charge in [0.1, 0.15) is 25.1 Å². The molecule has 1 N–H and O–H groups in total. The second-order valence-corrected chi connectivity index (χ2v) is 19.3. The van der Waals surface area contributed by atoms with E-state index in [0.717, 1.165) is 20.9 Å². The summed E-state index contributed by atoms with van der Waals surface area (Å²) in [7, 11) is 0. The average molecular weight is 1050 g/mol. The third-order valence-corrected chi connectivity index (χ3v) is 12.8. The van der Waals surface area contributed by atoms with E-state index in [1.165, 1.54) is 22.0 Å². The number of halogens is 2. The summed E-state index contributed by atoms with van der Waals surface area (Å²) in [5.41, 5.74) is 3.37. The summed E-state index contributed by atoms with van der Waals surface area (Å²) in [6.45, 7) is 7.49. The smallest absolute Gasteiger partial charge is 0.416 e. The van der Waals surface area contributed by atoms with Crippen LogP contribution in [0.4, 0.5) is 18.4 Å². The van der Waals surface area contributed by atoms with Crippen LogP contribution in [0.1, 0.15) is 112 Å². The molecule has 4 aromatic rings. The van der Waals surface area contributed by atoms with Gasteiger partial charge in [0.2, 0.25) is 11.8 Å². The van der Waals surface area contributed by atoms with Crippen LogP contribution in [0.15, 0.2) is 133 Å². The lowest BCUT2D eigenvalue weighted by atomic mass is 9.92. The maximum atomic E-state index is 14.9. The van der Waals surface area contributed by atoms with E-state index in [9.17, 15) is 57.0 Å². The lowest BCUT2D eigenvalue weighted by Crippen LogP contribution is -2.47. The number of ether oxygens (including phenoxy) is 2. The Kier molecular flexibility index (Phi) is 20.3. The molecule has 0 unspecified atom stereocenters. The highest BCUT2D eigenvalue weighted by Gasteiger charge is 2.44. The van der Waals surface area contributed by atoms with E-state index in [1.54, 1.807) is 62.4 Å². The van der Waals surface area contributed by atoms with E-state index in [4.69, 9.17) is 9.47 Å². The van der Waals surface area contributed by atoms with Gasteiger partial charge in [0.05, 0.1) is 40.3 Å². The number of carbonyl (C=O) groups excluding carboxylic acids is 9. The summed E-state index contributed by atoms with van der Waals surface area (Å²) in [6.07, 6.45) is 1.52. The highest BCUT2D eigenvalue weighted by Crippen LogP contribution is 2.30. The summed E-state index contributed by atoms with van der Waals surface area (Å²) in [5.74, 6) is -5.49. The number of nitrogens with zero attached hydrogens (tertiary/aromatic N) is 4. The first-order chi connectivity index (χ1) is 36.4. The van der Waals surface area contributed by atoms with E-state index in [1.807, 2.05) is 74.5 Å². The van der Waals surface area contributed by atoms with Crippen LogP contribution in [0, 0.1) is 17.8 Å². The number of imide groups is 4. The Morgan fingerprint density at radius 3 is 1.42 bits per heavy atom. The number of amides is 8. The minimum Gasteiger partial charge on any atom is -0.447 e. The van der Waals surface area contributed by atoms with Gasteiger partial charge in [-0.2, -0.15) is 0 Å². The molecule has 4 atom stereocenters. The number of hydrogen-bond acceptors (Lipinski definition) is 12. The molecular weight excluding hydrogens is 983 g/mol. The van der Waals surface area contributed by atoms with Gasteiger partial charge in [-0.15, -0.1) is 0 Å². The monoisotopic (exact) mass is 1040 g/mol. The third kappa shape index (κ3) is 14.4. The van der Waals surface area contributed by atoms with Gasteiger partial charge >= 0.3 is 12.2 Å². The Balaban J connectivity index is 0.000000220. The minimum atomic E-state index is -1.79. The summed E-state index contributed by atoms with van der Waals surface area (Å²) in [4.78, 5) is 115. The van der Waals surface area contributed by atoms with Gasteiger partial charge in [-0.1, -0.05) is 113 Å². The molecule has 8 amide bonds. The van der Waals surface area contributed by atoms with Crippen molar-refractivity contribution in [2.45, 2.75) is 90.8 Å². The Hall–Kier alpha value is -7.99. The average Bonchev–Trinajstić information content (AvgIpc) is 4.11. The van der Waals surface area contributed by atoms with Crippen molar-refractivity contribution >= 4 is 53.9 Å². The molecule has 2 saturated heterocycles. The number of allylic oxidation sites excluding steroid dienone is 3. The largest absolute Gasteiger partial charge is 0.447 e. The van der Waals surface area contributed by atoms with Gasteiger partial charge < -0.3 is 14.6 Å². The number of unbranched alkanes of at least 4 members (excludes halogenated alkanes) is 1. The fourth-order valence-electron chi connectivity index (χ4n) is 9.15. The molecule has 0 saturated carbocycles. The second kappa shape index (κ2) is 27.0. The molecule has 0 radical (unpaired) electrons. The van der Waals surface area contributed by atoms with Crippen molar-refractivity contribution < 1.29 is 66.5 Å². The molecule has 8 rings (SSSR count). The number of benzene rings is 4. The van der Waals surface area contributed by atoms with Crippen molar-refractivity contribution in [2.75, 3.05) is 26.3 Å². The fraction of sp³-hybridized carbons (Fsp3) is 0.362. The molecule has 18 heteroatoms. The first-order valence-corrected chi connectivity index (χ1v) is 25.3. The molecule has 0 aromatic heterocycles. The number of rotatable bonds is 19. The Bertz CT molecular complexity index is 2770. The molecule has 0 spiro atoms. The lowest BCUT2D eigenvalue weighted by molar-refractivity contribution is -0.137. The first-order valence-electron chi connectivity index (χ1n) is 25.3. The van der Waals surface area contributed by atoms with Gasteiger partial charge in [-0.25, -0.2) is 28.2 Å². The maximum absolute atomic E-state index is 14.9. The molecule has 4 aliphatic heterocycles. The van der Waals surface area contributed by atoms with Crippen molar-refractivity contribution in [1.29, 1.82) is 0 Å². The number of aliphatic hydroxyl groups excluding tert-OH is 1. The van der Waals surface area contributed by atoms with Crippen LogP contribution in [0.3, 0.4) is 0 Å². The second-order valence-electron chi connectivity index (χ2n) is 19.3. The number of hydrogen-bond donors (Lipinski definition) is 1. The van der Waals surface area contributed by atoms with Crippen LogP contribution in [0.25, 0.3) is 0 Å². The van der Waals surface area contributed by atoms with Crippen molar-refractivity contribution in [3.05, 3.63) is 166 Å². The van der Waals surface area contributed by atoms with Crippen LogP contribution in [-0.2, 0) is 36.7 Å². The highest BCUT2D eigenvalue weighted by atomic mass is 19.1. The van der Waals surface area contributed by atoms with E-state index in [2.05, 4.69) is 0 Å². The standard InChI is InChI=1S/C29H31FN2O6.C23H22N2O5.C6H9FO/c1-18(2)15-24(30)25(33)23(13-8-14-31-26(34)21-11-6-7-12-22(21)27(31)35)28(36)32-20(17-38-29(32)37)16-19-9-4-3-5-10-19;26-20(25-17(15-30-23(25)29)14-16-8-2-1-3-9-16)12-6-7-13-24-21(27)18-10-4-5-11-19(18)22(24)28;1-5(2)3-6(7)4-8/h3-7,9-12,15,18,20,23,25,33H,8,13-14,16-17H2,1-2H3;1-5,8-11,17H,6-7,12-15H2;3-5H,1-2H3/b24-15-;;6-3-/t20-,23-,25-;17-;/m11./s1. The summed E-state index contributed by atoms with van der Waals surface area (Å²) < 4.78 is 37.0. The van der Waals surface area contributed by atoms with Crippen LogP contribution in [-0.4, -0.2) is 123 Å². The van der Waals surface area contributed by atoms with Crippen molar-refractivity contribution in [3.63, 3.8) is 0 Å². The Morgan fingerprint density at radius 1 is 0.592 bits per heavy atom. The molecule has 0 bridgehead atoms. The summed E-state index contributed by atoms with van der Waals surface area (Å²) in [5, 5.41) is 10.9. The number of aldehydes is 1. The number of cyclic esters (lactones) is 2. The zero-order valence-electron chi connectivity index (χ0n) is 42.8. The van der Waals surface area contributed by atoms with Gasteiger partial charge in [-0.05, 0) is 97.9 Å². The molecule has 4 aromatic carbocycles. The quantitative estimate of drug-likeness (QED) is 0.0405. The maximum Gasteiger partial charge on any atom is 0.416 e. The molecule has 16 nitrogen and oxygen atoms in total. The van der Waals surface area contributed by atoms with Crippen molar-refractivity contribution in [2.24, 2.45) is 17.8 Å². The number of aliphatic hydroxyl groups is 1. The molecule has 4 aliphatic rings. The summed E-state index contributed by atoms with van der Waals surface area (Å²) in [6, 6.07) is 31.2. The number of carbonyl (C=O) groups is 9. The van der Waals surface area contributed by atoms with Gasteiger partial charge in [0.25, 0.3) is 23.6 Å². The van der Waals surface area contributed by atoms with E-state index in [0.29, 0.717) is 47.9 Å². The highest BCUT2D eigenvalue weighted by molar-refractivity contribution is 6.22. The van der Waals surface area contributed by atoms with E-state index < -0.39 is 59.6 Å². The zero-order valence-corrected chi connectivity index (χ0v) is 42.8. The predicted octanol–water partition coefficient (Wildman–Crippen LogP) is 8.88. The van der Waals surface area contributed by atoms with Crippen molar-refractivity contribution in [3.8, 4) is 0 Å². The first kappa shape index (κ1) is 57.3. The van der Waals surface area contributed by atoms with Gasteiger partial charge in [0, 0.05) is 19.5 Å².